The smallest absolute Gasteiger partial charge is 0.273 e. The first-order chi connectivity index (χ1) is 13.8. The number of amides is 1. The Balaban J connectivity index is 2.11. The number of benzene rings is 1. The summed E-state index contributed by atoms with van der Waals surface area (Å²) in [6, 6.07) is 5.42. The van der Waals surface area contributed by atoms with Gasteiger partial charge in [0.25, 0.3) is 5.56 Å². The molecular weight excluding hydrogens is 372 g/mol. The molecule has 8 heteroatoms. The Hall–Kier alpha value is -2.90. The number of carbonyl (C=O) groups is 1. The SMILES string of the molecule is CCC(C)NC(=O)CCc1nnc(-c2ccc(OCC(C)C)c(OC)c2)[nH]c1=O. The molecule has 29 heavy (non-hydrogen) atoms. The average Bonchev–Trinajstić information content (AvgIpc) is 2.70. The second kappa shape index (κ2) is 10.6. The summed E-state index contributed by atoms with van der Waals surface area (Å²) in [7, 11) is 1.56. The highest BCUT2D eigenvalue weighted by Crippen LogP contribution is 2.31. The van der Waals surface area contributed by atoms with Gasteiger partial charge in [-0.05, 0) is 37.5 Å². The second-order valence-corrected chi connectivity index (χ2v) is 7.40. The molecule has 1 amide bonds. The zero-order valence-corrected chi connectivity index (χ0v) is 17.7. The Morgan fingerprint density at radius 1 is 1.21 bits per heavy atom. The van der Waals surface area contributed by atoms with E-state index >= 15 is 0 Å². The summed E-state index contributed by atoms with van der Waals surface area (Å²) in [5.41, 5.74) is 0.534. The van der Waals surface area contributed by atoms with Crippen LogP contribution in [0.1, 0.15) is 46.2 Å². The molecule has 0 aliphatic carbocycles. The van der Waals surface area contributed by atoms with E-state index in [-0.39, 0.29) is 36.0 Å². The van der Waals surface area contributed by atoms with E-state index in [1.54, 1.807) is 25.3 Å². The number of methoxy groups -OCH3 is 1. The maximum Gasteiger partial charge on any atom is 0.273 e. The fourth-order valence-corrected chi connectivity index (χ4v) is 2.53. The summed E-state index contributed by atoms with van der Waals surface area (Å²) >= 11 is 0. The van der Waals surface area contributed by atoms with Gasteiger partial charge in [-0.15, -0.1) is 10.2 Å². The van der Waals surface area contributed by atoms with Gasteiger partial charge in [-0.2, -0.15) is 0 Å². The van der Waals surface area contributed by atoms with Crippen molar-refractivity contribution in [2.24, 2.45) is 5.92 Å². The first-order valence-corrected chi connectivity index (χ1v) is 9.90. The number of hydrogen-bond acceptors (Lipinski definition) is 6. The molecule has 1 atom stereocenters. The molecule has 2 aromatic rings. The highest BCUT2D eigenvalue weighted by Gasteiger charge is 2.13. The van der Waals surface area contributed by atoms with Crippen LogP contribution in [-0.4, -0.2) is 40.8 Å². The molecule has 0 spiro atoms. The molecule has 1 aromatic heterocycles. The first-order valence-electron chi connectivity index (χ1n) is 9.90. The standard InChI is InChI=1S/C21H30N4O4/c1-6-14(4)22-19(26)10-8-16-21(27)23-20(25-24-16)15-7-9-17(18(11-15)28-5)29-12-13(2)3/h7,9,11,13-14H,6,8,10,12H2,1-5H3,(H,22,26)(H,23,25,27). The van der Waals surface area contributed by atoms with E-state index in [4.69, 9.17) is 9.47 Å². The van der Waals surface area contributed by atoms with Gasteiger partial charge < -0.3 is 19.8 Å². The molecule has 0 saturated heterocycles. The van der Waals surface area contributed by atoms with Crippen LogP contribution in [0, 0.1) is 5.92 Å². The van der Waals surface area contributed by atoms with Crippen LogP contribution in [0.15, 0.2) is 23.0 Å². The molecule has 0 bridgehead atoms. The lowest BCUT2D eigenvalue weighted by Gasteiger charge is -2.13. The number of rotatable bonds is 10. The van der Waals surface area contributed by atoms with Crippen molar-refractivity contribution in [2.45, 2.75) is 53.0 Å². The average molecular weight is 402 g/mol. The number of carbonyl (C=O) groups excluding carboxylic acids is 1. The summed E-state index contributed by atoms with van der Waals surface area (Å²) < 4.78 is 11.1. The highest BCUT2D eigenvalue weighted by atomic mass is 16.5. The van der Waals surface area contributed by atoms with Crippen LogP contribution in [0.5, 0.6) is 11.5 Å². The molecule has 0 aliphatic rings. The van der Waals surface area contributed by atoms with Crippen molar-refractivity contribution in [3.05, 3.63) is 34.2 Å². The minimum absolute atomic E-state index is 0.105. The van der Waals surface area contributed by atoms with Gasteiger partial charge in [0.2, 0.25) is 5.91 Å². The fraction of sp³-hybridized carbons (Fsp3) is 0.524. The van der Waals surface area contributed by atoms with Crippen LogP contribution in [0.4, 0.5) is 0 Å². The number of nitrogens with zero attached hydrogens (tertiary/aromatic N) is 2. The Bertz CT molecular complexity index is 879. The van der Waals surface area contributed by atoms with Gasteiger partial charge in [0.1, 0.15) is 5.69 Å². The Morgan fingerprint density at radius 2 is 1.97 bits per heavy atom. The van der Waals surface area contributed by atoms with Crippen LogP contribution in [0.25, 0.3) is 11.4 Å². The van der Waals surface area contributed by atoms with Gasteiger partial charge >= 0.3 is 0 Å². The number of aryl methyl sites for hydroxylation is 1. The van der Waals surface area contributed by atoms with E-state index in [1.807, 2.05) is 13.8 Å². The van der Waals surface area contributed by atoms with Crippen molar-refractivity contribution < 1.29 is 14.3 Å². The second-order valence-electron chi connectivity index (χ2n) is 7.40. The molecule has 0 fully saturated rings. The van der Waals surface area contributed by atoms with Gasteiger partial charge in [-0.1, -0.05) is 20.8 Å². The van der Waals surface area contributed by atoms with E-state index in [2.05, 4.69) is 34.3 Å². The zero-order chi connectivity index (χ0) is 21.4. The fourth-order valence-electron chi connectivity index (χ4n) is 2.53. The summed E-state index contributed by atoms with van der Waals surface area (Å²) in [5, 5.41) is 11.0. The van der Waals surface area contributed by atoms with Gasteiger partial charge in [0.15, 0.2) is 17.3 Å². The number of aromatic amines is 1. The van der Waals surface area contributed by atoms with Crippen LogP contribution in [0.2, 0.25) is 0 Å². The van der Waals surface area contributed by atoms with E-state index in [9.17, 15) is 9.59 Å². The van der Waals surface area contributed by atoms with E-state index < -0.39 is 0 Å². The Labute approximate surface area is 171 Å². The molecule has 0 saturated carbocycles. The number of ether oxygens (including phenoxy) is 2. The normalized spacial score (nSPS) is 11.9. The molecule has 158 valence electrons. The molecule has 1 aromatic carbocycles. The van der Waals surface area contributed by atoms with Crippen molar-refractivity contribution in [1.82, 2.24) is 20.5 Å². The molecule has 8 nitrogen and oxygen atoms in total. The lowest BCUT2D eigenvalue weighted by atomic mass is 10.1. The van der Waals surface area contributed by atoms with E-state index in [0.717, 1.165) is 6.42 Å². The number of nitrogens with one attached hydrogen (secondary N) is 2. The van der Waals surface area contributed by atoms with Gasteiger partial charge in [0.05, 0.1) is 13.7 Å². The van der Waals surface area contributed by atoms with Crippen molar-refractivity contribution in [1.29, 1.82) is 0 Å². The topological polar surface area (TPSA) is 106 Å². The third kappa shape index (κ3) is 6.58. The number of H-pyrrole nitrogens is 1. The molecule has 1 heterocycles. The quantitative estimate of drug-likeness (QED) is 0.633. The monoisotopic (exact) mass is 402 g/mol. The van der Waals surface area contributed by atoms with Crippen LogP contribution in [0.3, 0.4) is 0 Å². The molecule has 2 N–H and O–H groups in total. The molecule has 0 radical (unpaired) electrons. The molecule has 0 aliphatic heterocycles. The van der Waals surface area contributed by atoms with Crippen LogP contribution >= 0.6 is 0 Å². The predicted molar refractivity (Wildman–Crippen MR) is 111 cm³/mol. The van der Waals surface area contributed by atoms with E-state index in [1.165, 1.54) is 0 Å². The summed E-state index contributed by atoms with van der Waals surface area (Å²) in [4.78, 5) is 27.0. The van der Waals surface area contributed by atoms with Crippen LogP contribution < -0.4 is 20.3 Å². The lowest BCUT2D eigenvalue weighted by Crippen LogP contribution is -2.32. The lowest BCUT2D eigenvalue weighted by molar-refractivity contribution is -0.121. The molecule has 1 unspecified atom stereocenters. The van der Waals surface area contributed by atoms with Gasteiger partial charge in [-0.3, -0.25) is 9.59 Å². The van der Waals surface area contributed by atoms with Crippen molar-refractivity contribution in [3.8, 4) is 22.9 Å². The maximum atomic E-state index is 12.4. The van der Waals surface area contributed by atoms with Crippen molar-refractivity contribution in [3.63, 3.8) is 0 Å². The minimum atomic E-state index is -0.356. The van der Waals surface area contributed by atoms with Crippen LogP contribution in [-0.2, 0) is 11.2 Å². The first kappa shape index (κ1) is 22.4. The summed E-state index contributed by atoms with van der Waals surface area (Å²) in [6.45, 7) is 8.64. The summed E-state index contributed by atoms with van der Waals surface area (Å²) in [5.74, 6) is 1.80. The third-order valence-corrected chi connectivity index (χ3v) is 4.38. The predicted octanol–water partition coefficient (Wildman–Crippen LogP) is 2.72. The number of aromatic nitrogens is 3. The minimum Gasteiger partial charge on any atom is -0.493 e. The molecule has 2 rings (SSSR count). The Morgan fingerprint density at radius 3 is 2.59 bits per heavy atom. The van der Waals surface area contributed by atoms with E-state index in [0.29, 0.717) is 35.4 Å². The zero-order valence-electron chi connectivity index (χ0n) is 17.7. The van der Waals surface area contributed by atoms with Crippen molar-refractivity contribution >= 4 is 5.91 Å². The van der Waals surface area contributed by atoms with Gasteiger partial charge in [-0.25, -0.2) is 0 Å². The highest BCUT2D eigenvalue weighted by molar-refractivity contribution is 5.76. The summed E-state index contributed by atoms with van der Waals surface area (Å²) in [6.07, 6.45) is 1.28. The Kier molecular flexibility index (Phi) is 8.18. The van der Waals surface area contributed by atoms with Crippen molar-refractivity contribution in [2.75, 3.05) is 13.7 Å². The number of hydrogen-bond donors (Lipinski definition) is 2. The maximum absolute atomic E-state index is 12.4. The largest absolute Gasteiger partial charge is 0.493 e. The third-order valence-electron chi connectivity index (χ3n) is 4.38. The molecular formula is C21H30N4O4. The van der Waals surface area contributed by atoms with Gasteiger partial charge in [0, 0.05) is 24.4 Å².